The van der Waals surface area contributed by atoms with Gasteiger partial charge in [0, 0.05) is 23.6 Å². The topological polar surface area (TPSA) is 67.2 Å². The third kappa shape index (κ3) is 4.75. The van der Waals surface area contributed by atoms with E-state index in [4.69, 9.17) is 27.6 Å². The fourth-order valence-electron chi connectivity index (χ4n) is 2.20. The van der Waals surface area contributed by atoms with Crippen LogP contribution in [0.15, 0.2) is 59.2 Å². The number of carbonyl (C=O) groups is 1. The van der Waals surface area contributed by atoms with Crippen molar-refractivity contribution < 1.29 is 9.21 Å². The lowest BCUT2D eigenvalue weighted by atomic mass is 10.2. The van der Waals surface area contributed by atoms with E-state index in [0.29, 0.717) is 34.6 Å². The number of halogens is 2. The smallest absolute Gasteiger partial charge is 0.319 e. The first-order valence-electron chi connectivity index (χ1n) is 7.61. The molecule has 2 N–H and O–H groups in total. The maximum absolute atomic E-state index is 11.9. The molecule has 7 heteroatoms. The first-order chi connectivity index (χ1) is 12.1. The van der Waals surface area contributed by atoms with Gasteiger partial charge in [-0.15, -0.1) is 0 Å². The number of nitrogens with zero attached hydrogens (tertiary/aromatic N) is 1. The van der Waals surface area contributed by atoms with Crippen molar-refractivity contribution in [1.82, 2.24) is 10.3 Å². The van der Waals surface area contributed by atoms with Gasteiger partial charge >= 0.3 is 6.03 Å². The van der Waals surface area contributed by atoms with Crippen LogP contribution in [0, 0.1) is 0 Å². The molecule has 1 heterocycles. The molecule has 3 rings (SSSR count). The molecule has 128 valence electrons. The Morgan fingerprint density at radius 1 is 1.12 bits per heavy atom. The van der Waals surface area contributed by atoms with Crippen LogP contribution in [0.25, 0.3) is 11.5 Å². The molecule has 1 aromatic heterocycles. The Labute approximate surface area is 155 Å². The molecule has 0 aliphatic rings. The summed E-state index contributed by atoms with van der Waals surface area (Å²) in [6, 6.07) is 14.2. The summed E-state index contributed by atoms with van der Waals surface area (Å²) in [5.41, 5.74) is 2.18. The molecule has 2 amide bonds. The summed E-state index contributed by atoms with van der Waals surface area (Å²) < 4.78 is 5.46. The lowest BCUT2D eigenvalue weighted by Crippen LogP contribution is -2.30. The first kappa shape index (κ1) is 17.3. The number of hydrogen-bond acceptors (Lipinski definition) is 3. The molecule has 0 saturated carbocycles. The number of hydrogen-bond donors (Lipinski definition) is 2. The van der Waals surface area contributed by atoms with Crippen LogP contribution >= 0.6 is 23.2 Å². The zero-order valence-corrected chi connectivity index (χ0v) is 14.6. The molecule has 2 aromatic carbocycles. The molecule has 0 fully saturated rings. The Hall–Kier alpha value is -2.50. The number of anilines is 1. The Morgan fingerprint density at radius 3 is 2.68 bits per heavy atom. The van der Waals surface area contributed by atoms with E-state index in [2.05, 4.69) is 15.6 Å². The molecule has 0 bridgehead atoms. The van der Waals surface area contributed by atoms with Crippen LogP contribution in [0.5, 0.6) is 0 Å². The van der Waals surface area contributed by atoms with Crippen molar-refractivity contribution in [2.75, 3.05) is 11.9 Å². The minimum atomic E-state index is -0.351. The molecule has 3 aromatic rings. The number of nitrogens with one attached hydrogen (secondary N) is 2. The minimum absolute atomic E-state index is 0.351. The molecule has 25 heavy (non-hydrogen) atoms. The van der Waals surface area contributed by atoms with E-state index in [-0.39, 0.29) is 6.03 Å². The van der Waals surface area contributed by atoms with E-state index in [1.165, 1.54) is 0 Å². The largest absolute Gasteiger partial charge is 0.444 e. The van der Waals surface area contributed by atoms with Crippen LogP contribution in [0.3, 0.4) is 0 Å². The predicted octanol–water partition coefficient (Wildman–Crippen LogP) is 5.01. The molecule has 5 nitrogen and oxygen atoms in total. The number of benzene rings is 2. The highest BCUT2D eigenvalue weighted by Gasteiger charge is 2.08. The van der Waals surface area contributed by atoms with Crippen molar-refractivity contribution in [2.24, 2.45) is 0 Å². The van der Waals surface area contributed by atoms with Gasteiger partial charge < -0.3 is 15.1 Å². The van der Waals surface area contributed by atoms with Crippen molar-refractivity contribution >= 4 is 34.9 Å². The lowest BCUT2D eigenvalue weighted by molar-refractivity contribution is 0.252. The zero-order chi connectivity index (χ0) is 17.6. The monoisotopic (exact) mass is 375 g/mol. The fraction of sp³-hybridized carbons (Fsp3) is 0.111. The third-order valence-electron chi connectivity index (χ3n) is 3.42. The number of urea groups is 1. The van der Waals surface area contributed by atoms with Crippen molar-refractivity contribution in [1.29, 1.82) is 0 Å². The fourth-order valence-corrected chi connectivity index (χ4v) is 2.65. The SMILES string of the molecule is O=C(NCCc1coc(-c2ccccc2)n1)Nc1ccc(Cl)cc1Cl. The van der Waals surface area contributed by atoms with E-state index in [9.17, 15) is 4.79 Å². The van der Waals surface area contributed by atoms with Crippen molar-refractivity contribution in [2.45, 2.75) is 6.42 Å². The highest BCUT2D eigenvalue weighted by atomic mass is 35.5. The lowest BCUT2D eigenvalue weighted by Gasteiger charge is -2.08. The average Bonchev–Trinajstić information content (AvgIpc) is 3.07. The van der Waals surface area contributed by atoms with E-state index in [1.54, 1.807) is 24.5 Å². The first-order valence-corrected chi connectivity index (χ1v) is 8.37. The summed E-state index contributed by atoms with van der Waals surface area (Å²) in [5, 5.41) is 6.31. The average molecular weight is 376 g/mol. The second-order valence-corrected chi connectivity index (χ2v) is 6.11. The normalized spacial score (nSPS) is 10.5. The second kappa shape index (κ2) is 8.05. The molecule has 0 aliphatic carbocycles. The van der Waals surface area contributed by atoms with Gasteiger partial charge in [-0.05, 0) is 30.3 Å². The van der Waals surface area contributed by atoms with Crippen LogP contribution in [0.4, 0.5) is 10.5 Å². The number of carbonyl (C=O) groups excluding carboxylic acids is 1. The van der Waals surface area contributed by atoms with Gasteiger partial charge in [0.05, 0.1) is 16.4 Å². The van der Waals surface area contributed by atoms with Gasteiger partial charge in [-0.1, -0.05) is 41.4 Å². The Morgan fingerprint density at radius 2 is 1.92 bits per heavy atom. The highest BCUT2D eigenvalue weighted by molar-refractivity contribution is 6.36. The summed E-state index contributed by atoms with van der Waals surface area (Å²) >= 11 is 11.8. The van der Waals surface area contributed by atoms with Gasteiger partial charge in [-0.2, -0.15) is 0 Å². The van der Waals surface area contributed by atoms with E-state index < -0.39 is 0 Å². The third-order valence-corrected chi connectivity index (χ3v) is 3.97. The molecule has 0 aliphatic heterocycles. The summed E-state index contributed by atoms with van der Waals surface area (Å²) in [6.07, 6.45) is 2.15. The molecule has 0 atom stereocenters. The van der Waals surface area contributed by atoms with Gasteiger partial charge in [-0.25, -0.2) is 9.78 Å². The molecule has 0 saturated heterocycles. The number of rotatable bonds is 5. The van der Waals surface area contributed by atoms with Gasteiger partial charge in [0.15, 0.2) is 0 Å². The van der Waals surface area contributed by atoms with E-state index in [0.717, 1.165) is 11.3 Å². The van der Waals surface area contributed by atoms with Crippen molar-refractivity contribution in [3.05, 3.63) is 70.5 Å². The van der Waals surface area contributed by atoms with Crippen LogP contribution < -0.4 is 10.6 Å². The van der Waals surface area contributed by atoms with Gasteiger partial charge in [0.25, 0.3) is 0 Å². The van der Waals surface area contributed by atoms with E-state index in [1.807, 2.05) is 30.3 Å². The minimum Gasteiger partial charge on any atom is -0.444 e. The second-order valence-electron chi connectivity index (χ2n) is 5.27. The molecule has 0 unspecified atom stereocenters. The maximum atomic E-state index is 11.9. The van der Waals surface area contributed by atoms with Gasteiger partial charge in [0.1, 0.15) is 6.26 Å². The summed E-state index contributed by atoms with van der Waals surface area (Å²) in [5.74, 6) is 0.563. The summed E-state index contributed by atoms with van der Waals surface area (Å²) in [7, 11) is 0. The van der Waals surface area contributed by atoms with Crippen molar-refractivity contribution in [3.8, 4) is 11.5 Å². The van der Waals surface area contributed by atoms with Gasteiger partial charge in [0.2, 0.25) is 5.89 Å². The number of amides is 2. The predicted molar refractivity (Wildman–Crippen MR) is 99.1 cm³/mol. The summed E-state index contributed by atoms with van der Waals surface area (Å²) in [4.78, 5) is 16.3. The number of aromatic nitrogens is 1. The van der Waals surface area contributed by atoms with Crippen LogP contribution in [-0.2, 0) is 6.42 Å². The summed E-state index contributed by atoms with van der Waals surface area (Å²) in [6.45, 7) is 0.414. The van der Waals surface area contributed by atoms with E-state index >= 15 is 0 Å². The molecule has 0 radical (unpaired) electrons. The van der Waals surface area contributed by atoms with Gasteiger partial charge in [-0.3, -0.25) is 0 Å². The Balaban J connectivity index is 1.49. The number of oxazole rings is 1. The molecular weight excluding hydrogens is 361 g/mol. The zero-order valence-electron chi connectivity index (χ0n) is 13.1. The van der Waals surface area contributed by atoms with Crippen LogP contribution in [0.1, 0.15) is 5.69 Å². The molecule has 0 spiro atoms. The standard InChI is InChI=1S/C18H15Cl2N3O2/c19-13-6-7-16(15(20)10-13)23-18(24)21-9-8-14-11-25-17(22-14)12-4-2-1-3-5-12/h1-7,10-11H,8-9H2,(H2,21,23,24). The van der Waals surface area contributed by atoms with Crippen LogP contribution in [-0.4, -0.2) is 17.6 Å². The maximum Gasteiger partial charge on any atom is 0.319 e. The highest BCUT2D eigenvalue weighted by Crippen LogP contribution is 2.25. The molecular formula is C18H15Cl2N3O2. The quantitative estimate of drug-likeness (QED) is 0.658. The van der Waals surface area contributed by atoms with Crippen molar-refractivity contribution in [3.63, 3.8) is 0 Å². The Kier molecular flexibility index (Phi) is 5.58. The van der Waals surface area contributed by atoms with Crippen LogP contribution in [0.2, 0.25) is 10.0 Å². The Bertz CT molecular complexity index is 866.